The molecule has 204 valence electrons. The Morgan fingerprint density at radius 3 is 2.62 bits per heavy atom. The number of halogens is 1. The number of carbonyl (C=O) groups excluding carboxylic acids is 1. The maximum Gasteiger partial charge on any atom is 0.335 e. The summed E-state index contributed by atoms with van der Waals surface area (Å²) in [6.45, 7) is 1.78. The number of aromatic carboxylic acids is 1. The SMILES string of the molecule is COc1cccc(NC(O)c2cc(-c3ccc(CC4C(=O)N(c5ccc(C(=O)O)cc5)N=C4C)o3)ccc2Cl)c1. The number of amides is 1. The zero-order chi connectivity index (χ0) is 28.4. The molecule has 2 unspecified atom stereocenters. The highest BCUT2D eigenvalue weighted by Crippen LogP contribution is 2.33. The van der Waals surface area contributed by atoms with Gasteiger partial charge in [-0.15, -0.1) is 0 Å². The van der Waals surface area contributed by atoms with Gasteiger partial charge in [-0.3, -0.25) is 4.79 Å². The van der Waals surface area contributed by atoms with Crippen molar-refractivity contribution in [1.82, 2.24) is 0 Å². The van der Waals surface area contributed by atoms with E-state index >= 15 is 0 Å². The molecule has 10 heteroatoms. The topological polar surface area (TPSA) is 125 Å². The van der Waals surface area contributed by atoms with Crippen LogP contribution in [0.3, 0.4) is 0 Å². The molecule has 1 aliphatic rings. The van der Waals surface area contributed by atoms with Gasteiger partial charge in [0.1, 0.15) is 17.3 Å². The van der Waals surface area contributed by atoms with E-state index in [1.54, 1.807) is 62.6 Å². The highest BCUT2D eigenvalue weighted by Gasteiger charge is 2.35. The molecule has 1 amide bonds. The van der Waals surface area contributed by atoms with Gasteiger partial charge in [0.25, 0.3) is 5.91 Å². The lowest BCUT2D eigenvalue weighted by Crippen LogP contribution is -2.28. The summed E-state index contributed by atoms with van der Waals surface area (Å²) in [5, 5.41) is 29.1. The number of nitrogens with one attached hydrogen (secondary N) is 1. The van der Waals surface area contributed by atoms with Gasteiger partial charge in [0.2, 0.25) is 0 Å². The van der Waals surface area contributed by atoms with Gasteiger partial charge in [0.05, 0.1) is 24.3 Å². The van der Waals surface area contributed by atoms with E-state index in [4.69, 9.17) is 25.9 Å². The van der Waals surface area contributed by atoms with Crippen molar-refractivity contribution in [1.29, 1.82) is 0 Å². The first-order chi connectivity index (χ1) is 19.2. The summed E-state index contributed by atoms with van der Waals surface area (Å²) in [6.07, 6.45) is -0.780. The standard InChI is InChI=1S/C30H26ClN3O6/c1-17-24(29(36)34(33-17)21-9-6-18(7-10-21)30(37)38)16-23-11-13-27(40-23)19-8-12-26(31)25(14-19)28(35)32-20-4-3-5-22(15-20)39-2/h3-15,24,28,32,35H,16H2,1-2H3,(H,37,38). The smallest absolute Gasteiger partial charge is 0.335 e. The fourth-order valence-corrected chi connectivity index (χ4v) is 4.69. The lowest BCUT2D eigenvalue weighted by atomic mass is 9.99. The number of ether oxygens (including phenoxy) is 1. The van der Waals surface area contributed by atoms with Crippen LogP contribution in [0.1, 0.15) is 34.8 Å². The van der Waals surface area contributed by atoms with E-state index in [1.807, 2.05) is 18.2 Å². The molecule has 2 heterocycles. The number of aliphatic hydroxyl groups excluding tert-OH is 1. The van der Waals surface area contributed by atoms with Gasteiger partial charge in [-0.05, 0) is 73.7 Å². The number of carboxylic acid groups (broad SMARTS) is 1. The number of hydrazone groups is 1. The summed E-state index contributed by atoms with van der Waals surface area (Å²) in [4.78, 5) is 24.3. The molecular weight excluding hydrogens is 534 g/mol. The lowest BCUT2D eigenvalue weighted by Gasteiger charge is -2.17. The molecule has 0 saturated heterocycles. The highest BCUT2D eigenvalue weighted by molar-refractivity contribution is 6.31. The average molecular weight is 560 g/mol. The van der Waals surface area contributed by atoms with Crippen molar-refractivity contribution in [3.05, 3.63) is 101 Å². The first-order valence-corrected chi connectivity index (χ1v) is 12.8. The Kier molecular flexibility index (Phi) is 7.59. The van der Waals surface area contributed by atoms with Crippen molar-refractivity contribution in [3.8, 4) is 17.1 Å². The molecule has 0 saturated carbocycles. The summed E-state index contributed by atoms with van der Waals surface area (Å²) in [5.74, 6) is 0.0216. The minimum Gasteiger partial charge on any atom is -0.497 e. The number of benzene rings is 3. The summed E-state index contributed by atoms with van der Waals surface area (Å²) in [7, 11) is 1.57. The Morgan fingerprint density at radius 2 is 1.90 bits per heavy atom. The van der Waals surface area contributed by atoms with Gasteiger partial charge in [0, 0.05) is 40.0 Å². The van der Waals surface area contributed by atoms with Crippen LogP contribution >= 0.6 is 11.6 Å². The fourth-order valence-electron chi connectivity index (χ4n) is 4.47. The molecule has 3 N–H and O–H groups in total. The largest absolute Gasteiger partial charge is 0.497 e. The Bertz CT molecular complexity index is 1600. The van der Waals surface area contributed by atoms with Crippen LogP contribution in [0.15, 0.2) is 88.4 Å². The van der Waals surface area contributed by atoms with Gasteiger partial charge < -0.3 is 24.7 Å². The van der Waals surface area contributed by atoms with Gasteiger partial charge in [0.15, 0.2) is 6.23 Å². The number of rotatable bonds is 9. The van der Waals surface area contributed by atoms with E-state index < -0.39 is 18.1 Å². The van der Waals surface area contributed by atoms with E-state index in [-0.39, 0.29) is 11.5 Å². The Hall–Kier alpha value is -4.60. The molecule has 0 bridgehead atoms. The number of hydrogen-bond donors (Lipinski definition) is 3. The molecule has 2 atom stereocenters. The van der Waals surface area contributed by atoms with Gasteiger partial charge >= 0.3 is 5.97 Å². The zero-order valence-corrected chi connectivity index (χ0v) is 22.4. The van der Waals surface area contributed by atoms with Crippen molar-refractivity contribution < 1.29 is 29.0 Å². The van der Waals surface area contributed by atoms with E-state index in [2.05, 4.69) is 10.4 Å². The van der Waals surface area contributed by atoms with Gasteiger partial charge in [-0.25, -0.2) is 9.80 Å². The molecule has 4 aromatic rings. The third kappa shape index (κ3) is 5.56. The lowest BCUT2D eigenvalue weighted by molar-refractivity contribution is -0.119. The maximum atomic E-state index is 13.2. The van der Waals surface area contributed by atoms with Crippen molar-refractivity contribution in [2.75, 3.05) is 17.4 Å². The predicted molar refractivity (Wildman–Crippen MR) is 152 cm³/mol. The van der Waals surface area contributed by atoms with Crippen LogP contribution in [0, 0.1) is 5.92 Å². The van der Waals surface area contributed by atoms with E-state index in [0.717, 1.165) is 0 Å². The first kappa shape index (κ1) is 27.0. The van der Waals surface area contributed by atoms with Crippen LogP contribution < -0.4 is 15.1 Å². The minimum atomic E-state index is -1.08. The second-order valence-corrected chi connectivity index (χ2v) is 9.69. The van der Waals surface area contributed by atoms with E-state index in [9.17, 15) is 14.7 Å². The van der Waals surface area contributed by atoms with E-state index in [1.165, 1.54) is 17.1 Å². The van der Waals surface area contributed by atoms with Crippen molar-refractivity contribution >= 4 is 40.6 Å². The Labute approximate surface area is 235 Å². The third-order valence-corrected chi connectivity index (χ3v) is 6.99. The molecular formula is C30H26ClN3O6. The molecule has 1 aromatic heterocycles. The molecule has 0 spiro atoms. The van der Waals surface area contributed by atoms with Crippen molar-refractivity contribution in [2.24, 2.45) is 11.0 Å². The van der Waals surface area contributed by atoms with E-state index in [0.29, 0.717) is 56.9 Å². The van der Waals surface area contributed by atoms with Crippen LogP contribution in [0.5, 0.6) is 5.75 Å². The number of hydrogen-bond acceptors (Lipinski definition) is 7. The summed E-state index contributed by atoms with van der Waals surface area (Å²) < 4.78 is 11.3. The maximum absolute atomic E-state index is 13.2. The molecule has 9 nitrogen and oxygen atoms in total. The number of aliphatic hydroxyl groups is 1. The zero-order valence-electron chi connectivity index (χ0n) is 21.7. The Balaban J connectivity index is 1.30. The normalized spacial score (nSPS) is 15.6. The fraction of sp³-hybridized carbons (Fsp3) is 0.167. The summed E-state index contributed by atoms with van der Waals surface area (Å²) >= 11 is 6.40. The second-order valence-electron chi connectivity index (χ2n) is 9.28. The quantitative estimate of drug-likeness (QED) is 0.215. The van der Waals surface area contributed by atoms with Crippen LogP contribution in [0.4, 0.5) is 11.4 Å². The van der Waals surface area contributed by atoms with Crippen LogP contribution in [0.2, 0.25) is 5.02 Å². The van der Waals surface area contributed by atoms with Gasteiger partial charge in [-0.1, -0.05) is 17.7 Å². The Morgan fingerprint density at radius 1 is 1.12 bits per heavy atom. The first-order valence-electron chi connectivity index (χ1n) is 12.4. The summed E-state index contributed by atoms with van der Waals surface area (Å²) in [6, 6.07) is 22.0. The van der Waals surface area contributed by atoms with Crippen LogP contribution in [-0.4, -0.2) is 34.9 Å². The summed E-state index contributed by atoms with van der Waals surface area (Å²) in [5.41, 5.74) is 3.10. The predicted octanol–water partition coefficient (Wildman–Crippen LogP) is 5.99. The third-order valence-electron chi connectivity index (χ3n) is 6.64. The molecule has 0 aliphatic carbocycles. The molecule has 0 radical (unpaired) electrons. The molecule has 5 rings (SSSR count). The number of carboxylic acids is 1. The van der Waals surface area contributed by atoms with Crippen LogP contribution in [0.25, 0.3) is 11.3 Å². The average Bonchev–Trinajstić information content (AvgIpc) is 3.53. The number of furan rings is 1. The number of carbonyl (C=O) groups is 2. The second kappa shape index (κ2) is 11.3. The van der Waals surface area contributed by atoms with Crippen molar-refractivity contribution in [3.63, 3.8) is 0 Å². The monoisotopic (exact) mass is 559 g/mol. The minimum absolute atomic E-state index is 0.129. The molecule has 1 aliphatic heterocycles. The highest BCUT2D eigenvalue weighted by atomic mass is 35.5. The van der Waals surface area contributed by atoms with Gasteiger partial charge in [-0.2, -0.15) is 5.10 Å². The number of anilines is 2. The van der Waals surface area contributed by atoms with Crippen LogP contribution in [-0.2, 0) is 11.2 Å². The molecule has 0 fully saturated rings. The van der Waals surface area contributed by atoms with Crippen molar-refractivity contribution in [2.45, 2.75) is 19.6 Å². The molecule has 3 aromatic carbocycles. The molecule has 40 heavy (non-hydrogen) atoms. The number of nitrogens with zero attached hydrogens (tertiary/aromatic N) is 2. The number of methoxy groups -OCH3 is 1.